The van der Waals surface area contributed by atoms with Gasteiger partial charge in [-0.1, -0.05) is 6.07 Å². The molecule has 1 heterocycles. The van der Waals surface area contributed by atoms with Crippen LogP contribution in [0.3, 0.4) is 0 Å². The summed E-state index contributed by atoms with van der Waals surface area (Å²) < 4.78 is 63.2. The third-order valence-electron chi connectivity index (χ3n) is 2.32. The number of hydrogen-bond acceptors (Lipinski definition) is 1. The van der Waals surface area contributed by atoms with Crippen LogP contribution in [0, 0.1) is 11.6 Å². The van der Waals surface area contributed by atoms with E-state index < -0.39 is 23.4 Å². The monoisotopic (exact) mass is 259 g/mol. The molecule has 94 valence electrons. The van der Waals surface area contributed by atoms with Crippen molar-refractivity contribution < 1.29 is 22.0 Å². The summed E-state index contributed by atoms with van der Waals surface area (Å²) in [7, 11) is 0. The zero-order valence-electron chi connectivity index (χ0n) is 8.80. The molecule has 2 aromatic rings. The standard InChI is InChI=1S/C12H6F5N/c13-9-3-1-2-8(11(9)14)10-5-4-7(6-18-10)12(15,16)17/h1-6H. The summed E-state index contributed by atoms with van der Waals surface area (Å²) in [4.78, 5) is 3.49. The van der Waals surface area contributed by atoms with E-state index in [0.717, 1.165) is 18.2 Å². The quantitative estimate of drug-likeness (QED) is 0.704. The number of pyridine rings is 1. The van der Waals surface area contributed by atoms with Gasteiger partial charge in [-0.2, -0.15) is 13.2 Å². The minimum Gasteiger partial charge on any atom is -0.256 e. The maximum atomic E-state index is 13.4. The van der Waals surface area contributed by atoms with Gasteiger partial charge in [0, 0.05) is 11.8 Å². The van der Waals surface area contributed by atoms with Crippen molar-refractivity contribution in [3.05, 3.63) is 53.7 Å². The lowest BCUT2D eigenvalue weighted by Gasteiger charge is -2.07. The Kier molecular flexibility index (Phi) is 3.02. The van der Waals surface area contributed by atoms with Crippen molar-refractivity contribution in [1.29, 1.82) is 0 Å². The average Bonchev–Trinajstić information content (AvgIpc) is 2.32. The molecule has 0 radical (unpaired) electrons. The number of hydrogen-bond donors (Lipinski definition) is 0. The molecule has 0 aliphatic carbocycles. The van der Waals surface area contributed by atoms with Crippen LogP contribution in [0.25, 0.3) is 11.3 Å². The van der Waals surface area contributed by atoms with E-state index in [4.69, 9.17) is 0 Å². The molecule has 0 saturated carbocycles. The SMILES string of the molecule is Fc1cccc(-c2ccc(C(F)(F)F)cn2)c1F. The molecular formula is C12H6F5N. The summed E-state index contributed by atoms with van der Waals surface area (Å²) in [6.07, 6.45) is -3.92. The highest BCUT2D eigenvalue weighted by Crippen LogP contribution is 2.30. The molecule has 0 aliphatic heterocycles. The van der Waals surface area contributed by atoms with Crippen LogP contribution in [-0.4, -0.2) is 4.98 Å². The maximum absolute atomic E-state index is 13.4. The van der Waals surface area contributed by atoms with E-state index >= 15 is 0 Å². The molecule has 1 nitrogen and oxygen atoms in total. The molecule has 0 atom stereocenters. The molecule has 1 aromatic heterocycles. The first-order valence-electron chi connectivity index (χ1n) is 4.87. The predicted molar refractivity (Wildman–Crippen MR) is 54.6 cm³/mol. The van der Waals surface area contributed by atoms with Gasteiger partial charge in [0.05, 0.1) is 11.3 Å². The van der Waals surface area contributed by atoms with Crippen LogP contribution in [0.5, 0.6) is 0 Å². The highest BCUT2D eigenvalue weighted by Gasteiger charge is 2.30. The van der Waals surface area contributed by atoms with Crippen molar-refractivity contribution in [2.45, 2.75) is 6.18 Å². The summed E-state index contributed by atoms with van der Waals surface area (Å²) >= 11 is 0. The molecule has 0 saturated heterocycles. The maximum Gasteiger partial charge on any atom is 0.417 e. The molecule has 0 unspecified atom stereocenters. The Balaban J connectivity index is 2.44. The number of halogens is 5. The zero-order chi connectivity index (χ0) is 13.3. The van der Waals surface area contributed by atoms with Crippen LogP contribution in [0.2, 0.25) is 0 Å². The van der Waals surface area contributed by atoms with Gasteiger partial charge in [0.2, 0.25) is 0 Å². The van der Waals surface area contributed by atoms with Gasteiger partial charge in [-0.05, 0) is 24.3 Å². The highest BCUT2D eigenvalue weighted by molar-refractivity contribution is 5.60. The zero-order valence-corrected chi connectivity index (χ0v) is 8.80. The number of rotatable bonds is 1. The van der Waals surface area contributed by atoms with Gasteiger partial charge in [0.15, 0.2) is 11.6 Å². The normalized spacial score (nSPS) is 11.6. The molecular weight excluding hydrogens is 253 g/mol. The van der Waals surface area contributed by atoms with Crippen LogP contribution in [0.1, 0.15) is 5.56 Å². The Labute approximate surface area is 98.9 Å². The van der Waals surface area contributed by atoms with E-state index in [9.17, 15) is 22.0 Å². The van der Waals surface area contributed by atoms with E-state index in [1.165, 1.54) is 12.1 Å². The van der Waals surface area contributed by atoms with Crippen molar-refractivity contribution in [3.63, 3.8) is 0 Å². The molecule has 2 rings (SSSR count). The van der Waals surface area contributed by atoms with E-state index in [0.29, 0.717) is 6.20 Å². The molecule has 0 aliphatic rings. The fourth-order valence-corrected chi connectivity index (χ4v) is 1.42. The fourth-order valence-electron chi connectivity index (χ4n) is 1.42. The second kappa shape index (κ2) is 4.36. The number of benzene rings is 1. The van der Waals surface area contributed by atoms with Gasteiger partial charge < -0.3 is 0 Å². The molecule has 0 bridgehead atoms. The molecule has 0 fully saturated rings. The molecule has 6 heteroatoms. The van der Waals surface area contributed by atoms with Crippen molar-refractivity contribution in [1.82, 2.24) is 4.98 Å². The van der Waals surface area contributed by atoms with Crippen molar-refractivity contribution in [2.75, 3.05) is 0 Å². The number of nitrogens with zero attached hydrogens (tertiary/aromatic N) is 1. The Hall–Kier alpha value is -1.98. The smallest absolute Gasteiger partial charge is 0.256 e. The van der Waals surface area contributed by atoms with E-state index in [1.807, 2.05) is 0 Å². The Morgan fingerprint density at radius 1 is 0.944 bits per heavy atom. The van der Waals surface area contributed by atoms with Gasteiger partial charge in [-0.25, -0.2) is 8.78 Å². The first-order valence-corrected chi connectivity index (χ1v) is 4.87. The molecule has 0 N–H and O–H groups in total. The third-order valence-corrected chi connectivity index (χ3v) is 2.32. The van der Waals surface area contributed by atoms with Crippen LogP contribution in [0.15, 0.2) is 36.5 Å². The Bertz CT molecular complexity index is 560. The lowest BCUT2D eigenvalue weighted by Crippen LogP contribution is -2.05. The van der Waals surface area contributed by atoms with Crippen molar-refractivity contribution in [2.24, 2.45) is 0 Å². The number of alkyl halides is 3. The van der Waals surface area contributed by atoms with Crippen LogP contribution in [0.4, 0.5) is 22.0 Å². The van der Waals surface area contributed by atoms with Gasteiger partial charge in [-0.3, -0.25) is 4.98 Å². The Morgan fingerprint density at radius 2 is 1.67 bits per heavy atom. The van der Waals surface area contributed by atoms with Crippen LogP contribution in [-0.2, 0) is 6.18 Å². The lowest BCUT2D eigenvalue weighted by molar-refractivity contribution is -0.137. The number of aromatic nitrogens is 1. The van der Waals surface area contributed by atoms with Gasteiger partial charge in [0.1, 0.15) is 0 Å². The second-order valence-corrected chi connectivity index (χ2v) is 3.53. The first-order chi connectivity index (χ1) is 8.39. The minimum atomic E-state index is -4.51. The summed E-state index contributed by atoms with van der Waals surface area (Å²) in [5.41, 5.74) is -1.17. The van der Waals surface area contributed by atoms with Crippen molar-refractivity contribution in [3.8, 4) is 11.3 Å². The average molecular weight is 259 g/mol. The highest BCUT2D eigenvalue weighted by atomic mass is 19.4. The minimum absolute atomic E-state index is 0.0556. The van der Waals surface area contributed by atoms with Gasteiger partial charge in [0.25, 0.3) is 0 Å². The van der Waals surface area contributed by atoms with E-state index in [1.54, 1.807) is 0 Å². The summed E-state index contributed by atoms with van der Waals surface area (Å²) in [5, 5.41) is 0. The molecule has 0 amide bonds. The van der Waals surface area contributed by atoms with Gasteiger partial charge >= 0.3 is 6.18 Å². The largest absolute Gasteiger partial charge is 0.417 e. The fraction of sp³-hybridized carbons (Fsp3) is 0.0833. The van der Waals surface area contributed by atoms with E-state index in [-0.39, 0.29) is 11.3 Å². The van der Waals surface area contributed by atoms with Crippen LogP contribution >= 0.6 is 0 Å². The van der Waals surface area contributed by atoms with E-state index in [2.05, 4.69) is 4.98 Å². The Morgan fingerprint density at radius 3 is 2.22 bits per heavy atom. The second-order valence-electron chi connectivity index (χ2n) is 3.53. The van der Waals surface area contributed by atoms with Gasteiger partial charge in [-0.15, -0.1) is 0 Å². The third kappa shape index (κ3) is 2.32. The predicted octanol–water partition coefficient (Wildman–Crippen LogP) is 4.05. The van der Waals surface area contributed by atoms with Crippen molar-refractivity contribution >= 4 is 0 Å². The molecule has 1 aromatic carbocycles. The molecule has 18 heavy (non-hydrogen) atoms. The summed E-state index contributed by atoms with van der Waals surface area (Å²) in [5.74, 6) is -2.21. The first kappa shape index (κ1) is 12.5. The molecule has 0 spiro atoms. The summed E-state index contributed by atoms with van der Waals surface area (Å²) in [6, 6.07) is 5.19. The summed E-state index contributed by atoms with van der Waals surface area (Å²) in [6.45, 7) is 0. The lowest BCUT2D eigenvalue weighted by atomic mass is 10.1. The van der Waals surface area contributed by atoms with Crippen LogP contribution < -0.4 is 0 Å². The topological polar surface area (TPSA) is 12.9 Å².